The molecule has 1 aromatic rings. The van der Waals surface area contributed by atoms with E-state index in [1.54, 1.807) is 0 Å². The zero-order valence-corrected chi connectivity index (χ0v) is 16.9. The molecule has 2 atom stereocenters. The lowest BCUT2D eigenvalue weighted by Crippen LogP contribution is -2.36. The summed E-state index contributed by atoms with van der Waals surface area (Å²) in [4.78, 5) is 22.7. The molecule has 2 rings (SSSR count). The van der Waals surface area contributed by atoms with E-state index in [0.29, 0.717) is 13.0 Å². The molecular weight excluding hydrogens is 403 g/mol. The highest BCUT2D eigenvalue weighted by Crippen LogP contribution is 2.37. The van der Waals surface area contributed by atoms with Crippen LogP contribution in [0.3, 0.4) is 0 Å². The molecule has 1 fully saturated rings. The summed E-state index contributed by atoms with van der Waals surface area (Å²) in [5, 5.41) is 0. The van der Waals surface area contributed by atoms with E-state index in [-0.39, 0.29) is 41.8 Å². The van der Waals surface area contributed by atoms with Crippen molar-refractivity contribution in [2.24, 2.45) is 10.9 Å². The van der Waals surface area contributed by atoms with Gasteiger partial charge in [0.15, 0.2) is 5.96 Å². The van der Waals surface area contributed by atoms with Crippen molar-refractivity contribution in [1.82, 2.24) is 14.7 Å². The average molecular weight is 430 g/mol. The molecule has 5 nitrogen and oxygen atoms in total. The van der Waals surface area contributed by atoms with Crippen LogP contribution in [0, 0.1) is 5.92 Å². The average Bonchev–Trinajstić information content (AvgIpc) is 2.74. The molecule has 1 aliphatic heterocycles. The van der Waals surface area contributed by atoms with Crippen molar-refractivity contribution in [3.8, 4) is 0 Å². The summed E-state index contributed by atoms with van der Waals surface area (Å²) < 4.78 is 0. The molecule has 128 valence electrons. The number of hydrogen-bond donors (Lipinski definition) is 0. The summed E-state index contributed by atoms with van der Waals surface area (Å²) in [5.74, 6) is 1.34. The Morgan fingerprint density at radius 2 is 1.74 bits per heavy atom. The zero-order chi connectivity index (χ0) is 16.3. The summed E-state index contributed by atoms with van der Waals surface area (Å²) in [6.45, 7) is 0.654. The van der Waals surface area contributed by atoms with Crippen LogP contribution >= 0.6 is 24.0 Å². The van der Waals surface area contributed by atoms with Crippen molar-refractivity contribution in [3.63, 3.8) is 0 Å². The molecular formula is C17H27IN4O. The number of aliphatic imine (C=N–C) groups is 1. The molecule has 1 heterocycles. The number of carbonyl (C=O) groups is 1. The first-order valence-corrected chi connectivity index (χ1v) is 7.61. The van der Waals surface area contributed by atoms with Crippen LogP contribution < -0.4 is 0 Å². The molecule has 0 aliphatic carbocycles. The van der Waals surface area contributed by atoms with Gasteiger partial charge in [-0.2, -0.15) is 0 Å². The van der Waals surface area contributed by atoms with Crippen molar-refractivity contribution in [2.45, 2.75) is 12.5 Å². The van der Waals surface area contributed by atoms with Crippen LogP contribution in [0.2, 0.25) is 0 Å². The lowest BCUT2D eigenvalue weighted by atomic mass is 9.94. The number of nitrogens with zero attached hydrogens (tertiary/aromatic N) is 4. The van der Waals surface area contributed by atoms with Crippen LogP contribution in [0.4, 0.5) is 0 Å². The van der Waals surface area contributed by atoms with E-state index in [4.69, 9.17) is 4.99 Å². The van der Waals surface area contributed by atoms with Crippen LogP contribution in [0.1, 0.15) is 18.0 Å². The molecule has 23 heavy (non-hydrogen) atoms. The van der Waals surface area contributed by atoms with E-state index in [9.17, 15) is 4.79 Å². The molecule has 0 saturated carbocycles. The lowest BCUT2D eigenvalue weighted by Gasteiger charge is -2.26. The molecule has 0 spiro atoms. The van der Waals surface area contributed by atoms with Gasteiger partial charge in [0, 0.05) is 54.1 Å². The zero-order valence-electron chi connectivity index (χ0n) is 14.6. The number of rotatable bonds is 3. The van der Waals surface area contributed by atoms with E-state index in [2.05, 4.69) is 12.1 Å². The molecule has 1 aromatic carbocycles. The fourth-order valence-electron chi connectivity index (χ4n) is 3.14. The molecule has 1 amide bonds. The highest BCUT2D eigenvalue weighted by atomic mass is 127. The summed E-state index contributed by atoms with van der Waals surface area (Å²) in [5.41, 5.74) is 1.19. The minimum atomic E-state index is 0. The quantitative estimate of drug-likeness (QED) is 0.420. The topological polar surface area (TPSA) is 39.2 Å². The first-order valence-electron chi connectivity index (χ1n) is 7.61. The van der Waals surface area contributed by atoms with Gasteiger partial charge in [-0.25, -0.2) is 0 Å². The van der Waals surface area contributed by atoms with Crippen LogP contribution in [-0.4, -0.2) is 68.3 Å². The highest BCUT2D eigenvalue weighted by molar-refractivity contribution is 14.0. The minimum absolute atomic E-state index is 0. The fraction of sp³-hybridized carbons (Fsp3) is 0.529. The van der Waals surface area contributed by atoms with E-state index in [0.717, 1.165) is 5.96 Å². The Morgan fingerprint density at radius 3 is 2.26 bits per heavy atom. The van der Waals surface area contributed by atoms with Crippen molar-refractivity contribution in [1.29, 1.82) is 0 Å². The third-order valence-electron chi connectivity index (χ3n) is 4.10. The molecule has 1 aliphatic rings. The normalized spacial score (nSPS) is 20.0. The van der Waals surface area contributed by atoms with Gasteiger partial charge >= 0.3 is 0 Å². The second-order valence-corrected chi connectivity index (χ2v) is 6.25. The standard InChI is InChI=1S/C17H26N4O.HI/c1-19(2)17(20(3)4)18-12-14-11-15(22)21(5)16(14)13-9-7-6-8-10-13;/h6-10,14,16H,11-12H2,1-5H3;1H. The van der Waals surface area contributed by atoms with Gasteiger partial charge in [0.1, 0.15) is 0 Å². The number of guanidine groups is 1. The largest absolute Gasteiger partial charge is 0.349 e. The van der Waals surface area contributed by atoms with E-state index >= 15 is 0 Å². The molecule has 6 heteroatoms. The Bertz CT molecular complexity index is 535. The molecule has 0 bridgehead atoms. The van der Waals surface area contributed by atoms with Gasteiger partial charge in [-0.3, -0.25) is 9.79 Å². The lowest BCUT2D eigenvalue weighted by molar-refractivity contribution is -0.127. The third-order valence-corrected chi connectivity index (χ3v) is 4.10. The van der Waals surface area contributed by atoms with Gasteiger partial charge in [0.2, 0.25) is 5.91 Å². The van der Waals surface area contributed by atoms with Gasteiger partial charge in [0.25, 0.3) is 0 Å². The number of benzene rings is 1. The van der Waals surface area contributed by atoms with Crippen molar-refractivity contribution in [2.75, 3.05) is 41.8 Å². The van der Waals surface area contributed by atoms with Crippen molar-refractivity contribution >= 4 is 35.8 Å². The van der Waals surface area contributed by atoms with Gasteiger partial charge in [-0.15, -0.1) is 24.0 Å². The van der Waals surface area contributed by atoms with E-state index in [1.165, 1.54) is 5.56 Å². The first kappa shape index (κ1) is 19.7. The third kappa shape index (κ3) is 4.59. The van der Waals surface area contributed by atoms with Gasteiger partial charge in [-0.1, -0.05) is 30.3 Å². The molecule has 2 unspecified atom stereocenters. The Kier molecular flexibility index (Phi) is 7.31. The molecule has 0 aromatic heterocycles. The van der Waals surface area contributed by atoms with Crippen molar-refractivity contribution in [3.05, 3.63) is 35.9 Å². The van der Waals surface area contributed by atoms with Gasteiger partial charge < -0.3 is 14.7 Å². The van der Waals surface area contributed by atoms with Crippen molar-refractivity contribution < 1.29 is 4.79 Å². The Hall–Kier alpha value is -1.31. The molecule has 0 N–H and O–H groups in total. The predicted octanol–water partition coefficient (Wildman–Crippen LogP) is 2.30. The maximum atomic E-state index is 12.1. The summed E-state index contributed by atoms with van der Waals surface area (Å²) in [6, 6.07) is 10.4. The van der Waals surface area contributed by atoms with Crippen LogP contribution in [0.25, 0.3) is 0 Å². The summed E-state index contributed by atoms with van der Waals surface area (Å²) in [6.07, 6.45) is 0.563. The second kappa shape index (κ2) is 8.52. The van der Waals surface area contributed by atoms with E-state index < -0.39 is 0 Å². The van der Waals surface area contributed by atoms with Gasteiger partial charge in [0.05, 0.1) is 6.04 Å². The number of carbonyl (C=O) groups excluding carboxylic acids is 1. The van der Waals surface area contributed by atoms with Crippen LogP contribution in [0.5, 0.6) is 0 Å². The van der Waals surface area contributed by atoms with Crippen LogP contribution in [0.15, 0.2) is 35.3 Å². The fourth-order valence-corrected chi connectivity index (χ4v) is 3.14. The number of amides is 1. The monoisotopic (exact) mass is 430 g/mol. The summed E-state index contributed by atoms with van der Waals surface area (Å²) in [7, 11) is 9.83. The van der Waals surface area contributed by atoms with Crippen LogP contribution in [-0.2, 0) is 4.79 Å². The smallest absolute Gasteiger partial charge is 0.223 e. The maximum absolute atomic E-state index is 12.1. The second-order valence-electron chi connectivity index (χ2n) is 6.25. The SMILES string of the molecule is CN(C)C(=NCC1CC(=O)N(C)C1c1ccccc1)N(C)C.I. The first-order chi connectivity index (χ1) is 10.4. The minimum Gasteiger partial charge on any atom is -0.349 e. The Balaban J connectivity index is 0.00000264. The Morgan fingerprint density at radius 1 is 1.17 bits per heavy atom. The number of likely N-dealkylation sites (tertiary alicyclic amines) is 1. The Labute approximate surface area is 156 Å². The van der Waals surface area contributed by atoms with Gasteiger partial charge in [-0.05, 0) is 5.56 Å². The van der Waals surface area contributed by atoms with E-state index in [1.807, 2.05) is 68.1 Å². The molecule has 1 saturated heterocycles. The number of hydrogen-bond acceptors (Lipinski definition) is 2. The maximum Gasteiger partial charge on any atom is 0.223 e. The predicted molar refractivity (Wildman–Crippen MR) is 105 cm³/mol. The highest BCUT2D eigenvalue weighted by Gasteiger charge is 2.38. The summed E-state index contributed by atoms with van der Waals surface area (Å²) >= 11 is 0. The number of halogens is 1. The molecule has 0 radical (unpaired) electrons.